The van der Waals surface area contributed by atoms with Gasteiger partial charge in [-0.25, -0.2) is 0 Å². The summed E-state index contributed by atoms with van der Waals surface area (Å²) in [5, 5.41) is 6.13. The monoisotopic (exact) mass is 309 g/mol. The molecule has 1 aliphatic heterocycles. The van der Waals surface area contributed by atoms with E-state index in [4.69, 9.17) is 19.7 Å². The predicted molar refractivity (Wildman–Crippen MR) is 80.1 cm³/mol. The molecule has 21 heavy (non-hydrogen) atoms. The first-order chi connectivity index (χ1) is 10.2. The third-order valence-electron chi connectivity index (χ3n) is 3.77. The van der Waals surface area contributed by atoms with Crippen LogP contribution in [-0.4, -0.2) is 30.0 Å². The highest BCUT2D eigenvalue weighted by Gasteiger charge is 2.40. The van der Waals surface area contributed by atoms with Gasteiger partial charge in [0.15, 0.2) is 0 Å². The van der Waals surface area contributed by atoms with Gasteiger partial charge in [-0.3, -0.25) is 0 Å². The van der Waals surface area contributed by atoms with Gasteiger partial charge in [-0.2, -0.15) is 4.98 Å². The van der Waals surface area contributed by atoms with Crippen LogP contribution in [-0.2, 0) is 15.1 Å². The fourth-order valence-electron chi connectivity index (χ4n) is 2.53. The molecule has 2 aromatic heterocycles. The van der Waals surface area contributed by atoms with Crippen molar-refractivity contribution in [1.29, 1.82) is 0 Å². The van der Waals surface area contributed by atoms with Crippen molar-refractivity contribution in [3.05, 3.63) is 16.8 Å². The van der Waals surface area contributed by atoms with Crippen LogP contribution >= 0.6 is 11.3 Å². The third kappa shape index (κ3) is 2.56. The number of hydrogen-bond acceptors (Lipinski definition) is 7. The van der Waals surface area contributed by atoms with Crippen LogP contribution in [0, 0.1) is 6.92 Å². The lowest BCUT2D eigenvalue weighted by Crippen LogP contribution is -2.37. The van der Waals surface area contributed by atoms with Crippen molar-refractivity contribution in [3.63, 3.8) is 0 Å². The van der Waals surface area contributed by atoms with Gasteiger partial charge in [0, 0.05) is 32.7 Å². The molecule has 1 saturated heterocycles. The summed E-state index contributed by atoms with van der Waals surface area (Å²) < 4.78 is 16.8. The van der Waals surface area contributed by atoms with Gasteiger partial charge < -0.3 is 19.7 Å². The summed E-state index contributed by atoms with van der Waals surface area (Å²) in [6.07, 6.45) is 1.47. The van der Waals surface area contributed by atoms with Gasteiger partial charge in [-0.15, -0.1) is 11.3 Å². The average Bonchev–Trinajstić information content (AvgIpc) is 3.09. The standard InChI is InChI=1S/C14H19N3O3S/c1-3-19-14(4-6-18-7-5-14)13-16-12(20-17-13)11-10(15)9(2)8-21-11/h8H,3-7,15H2,1-2H3. The summed E-state index contributed by atoms with van der Waals surface area (Å²) in [5.41, 5.74) is 7.27. The highest BCUT2D eigenvalue weighted by molar-refractivity contribution is 7.14. The summed E-state index contributed by atoms with van der Waals surface area (Å²) in [6, 6.07) is 0. The van der Waals surface area contributed by atoms with E-state index < -0.39 is 5.60 Å². The van der Waals surface area contributed by atoms with Crippen LogP contribution in [0.1, 0.15) is 31.2 Å². The number of thiophene rings is 1. The Balaban J connectivity index is 1.94. The molecule has 114 valence electrons. The molecular weight excluding hydrogens is 290 g/mol. The maximum Gasteiger partial charge on any atom is 0.270 e. The van der Waals surface area contributed by atoms with E-state index in [1.807, 2.05) is 19.2 Å². The van der Waals surface area contributed by atoms with Crippen molar-refractivity contribution in [2.75, 3.05) is 25.6 Å². The molecule has 0 radical (unpaired) electrons. The fourth-order valence-corrected chi connectivity index (χ4v) is 3.42. The molecule has 0 spiro atoms. The van der Waals surface area contributed by atoms with E-state index in [1.54, 1.807) is 0 Å². The fraction of sp³-hybridized carbons (Fsp3) is 0.571. The van der Waals surface area contributed by atoms with Crippen molar-refractivity contribution in [2.24, 2.45) is 0 Å². The van der Waals surface area contributed by atoms with Crippen LogP contribution in [0.5, 0.6) is 0 Å². The number of nitrogens with two attached hydrogens (primary N) is 1. The van der Waals surface area contributed by atoms with Crippen LogP contribution in [0.25, 0.3) is 10.8 Å². The molecule has 0 aromatic carbocycles. The highest BCUT2D eigenvalue weighted by atomic mass is 32.1. The minimum Gasteiger partial charge on any atom is -0.397 e. The Kier molecular flexibility index (Phi) is 3.97. The van der Waals surface area contributed by atoms with Gasteiger partial charge in [0.05, 0.1) is 5.69 Å². The van der Waals surface area contributed by atoms with Crippen LogP contribution < -0.4 is 5.73 Å². The van der Waals surface area contributed by atoms with E-state index in [9.17, 15) is 0 Å². The number of nitrogens with zero attached hydrogens (tertiary/aromatic N) is 2. The smallest absolute Gasteiger partial charge is 0.270 e. The van der Waals surface area contributed by atoms with E-state index in [2.05, 4.69) is 10.1 Å². The van der Waals surface area contributed by atoms with Crippen LogP contribution in [0.2, 0.25) is 0 Å². The van der Waals surface area contributed by atoms with Gasteiger partial charge in [0.25, 0.3) is 5.89 Å². The maximum atomic E-state index is 6.05. The average molecular weight is 309 g/mol. The lowest BCUT2D eigenvalue weighted by Gasteiger charge is -2.33. The zero-order valence-electron chi connectivity index (χ0n) is 12.2. The Bertz CT molecular complexity index is 611. The molecule has 1 fully saturated rings. The molecule has 0 unspecified atom stereocenters. The Morgan fingerprint density at radius 3 is 2.81 bits per heavy atom. The predicted octanol–water partition coefficient (Wildman–Crippen LogP) is 2.73. The number of hydrogen-bond donors (Lipinski definition) is 1. The first-order valence-corrected chi connectivity index (χ1v) is 7.94. The van der Waals surface area contributed by atoms with Gasteiger partial charge in [-0.05, 0) is 24.8 Å². The number of aryl methyl sites for hydroxylation is 1. The van der Waals surface area contributed by atoms with Crippen molar-refractivity contribution in [2.45, 2.75) is 32.3 Å². The maximum absolute atomic E-state index is 6.05. The molecular formula is C14H19N3O3S. The van der Waals surface area contributed by atoms with E-state index in [-0.39, 0.29) is 0 Å². The van der Waals surface area contributed by atoms with Gasteiger partial charge in [0.1, 0.15) is 10.5 Å². The first-order valence-electron chi connectivity index (χ1n) is 7.06. The zero-order valence-corrected chi connectivity index (χ0v) is 13.0. The van der Waals surface area contributed by atoms with Crippen molar-refractivity contribution < 1.29 is 14.0 Å². The minimum atomic E-state index is -0.504. The Labute approximate surface area is 127 Å². The first kappa shape index (κ1) is 14.5. The SMILES string of the molecule is CCOC1(c2noc(-c3scc(C)c3N)n2)CCOCC1. The molecule has 3 rings (SSSR count). The van der Waals surface area contributed by atoms with E-state index in [0.717, 1.165) is 23.3 Å². The van der Waals surface area contributed by atoms with Crippen LogP contribution in [0.15, 0.2) is 9.90 Å². The molecule has 2 N–H and O–H groups in total. The van der Waals surface area contributed by atoms with Crippen molar-refractivity contribution in [1.82, 2.24) is 10.1 Å². The number of aromatic nitrogens is 2. The summed E-state index contributed by atoms with van der Waals surface area (Å²) in [4.78, 5) is 5.37. The topological polar surface area (TPSA) is 83.4 Å². The zero-order chi connectivity index (χ0) is 14.9. The molecule has 1 aliphatic rings. The second-order valence-electron chi connectivity index (χ2n) is 5.12. The molecule has 0 aliphatic carbocycles. The quantitative estimate of drug-likeness (QED) is 0.935. The van der Waals surface area contributed by atoms with Crippen molar-refractivity contribution >= 4 is 17.0 Å². The van der Waals surface area contributed by atoms with Crippen molar-refractivity contribution in [3.8, 4) is 10.8 Å². The highest BCUT2D eigenvalue weighted by Crippen LogP contribution is 2.38. The molecule has 0 amide bonds. The molecule has 6 nitrogen and oxygen atoms in total. The third-order valence-corrected chi connectivity index (χ3v) is 4.87. The van der Waals surface area contributed by atoms with Gasteiger partial charge >= 0.3 is 0 Å². The number of nitrogen functional groups attached to an aromatic ring is 1. The second kappa shape index (κ2) is 5.75. The number of rotatable bonds is 4. The largest absolute Gasteiger partial charge is 0.397 e. The van der Waals surface area contributed by atoms with Gasteiger partial charge in [-0.1, -0.05) is 5.16 Å². The van der Waals surface area contributed by atoms with E-state index >= 15 is 0 Å². The summed E-state index contributed by atoms with van der Waals surface area (Å²) in [6.45, 7) is 5.82. The van der Waals surface area contributed by atoms with Crippen LogP contribution in [0.3, 0.4) is 0 Å². The molecule has 0 saturated carbocycles. The minimum absolute atomic E-state index is 0.464. The number of ether oxygens (including phenoxy) is 2. The number of anilines is 1. The Morgan fingerprint density at radius 2 is 2.19 bits per heavy atom. The second-order valence-corrected chi connectivity index (χ2v) is 6.00. The van der Waals surface area contributed by atoms with Crippen LogP contribution in [0.4, 0.5) is 5.69 Å². The Hall–Kier alpha value is -1.44. The Morgan fingerprint density at radius 1 is 1.43 bits per heavy atom. The molecule has 0 bridgehead atoms. The van der Waals surface area contributed by atoms with E-state index in [0.29, 0.717) is 37.2 Å². The molecule has 7 heteroatoms. The molecule has 2 aromatic rings. The van der Waals surface area contributed by atoms with Gasteiger partial charge in [0.2, 0.25) is 5.82 Å². The van der Waals surface area contributed by atoms with E-state index in [1.165, 1.54) is 11.3 Å². The molecule has 3 heterocycles. The summed E-state index contributed by atoms with van der Waals surface area (Å²) in [5.74, 6) is 1.05. The summed E-state index contributed by atoms with van der Waals surface area (Å²) >= 11 is 1.51. The normalized spacial score (nSPS) is 18.0. The lowest BCUT2D eigenvalue weighted by molar-refractivity contribution is -0.118. The molecule has 0 atom stereocenters. The lowest BCUT2D eigenvalue weighted by atomic mass is 9.93. The summed E-state index contributed by atoms with van der Waals surface area (Å²) in [7, 11) is 0.